The standard InChI is InChI=1S/C13H11BrF2N2/c1-17-13(8-3-2-6-18-7-8)9-4-5-10(15)12(16)11(9)14/h2-7,13,17H,1H3. The third-order valence-corrected chi connectivity index (χ3v) is 3.49. The number of nitrogens with one attached hydrogen (secondary N) is 1. The topological polar surface area (TPSA) is 24.9 Å². The molecule has 0 bridgehead atoms. The number of aromatic nitrogens is 1. The van der Waals surface area contributed by atoms with Crippen molar-refractivity contribution in [3.63, 3.8) is 0 Å². The van der Waals surface area contributed by atoms with Crippen LogP contribution in [-0.4, -0.2) is 12.0 Å². The van der Waals surface area contributed by atoms with Gasteiger partial charge in [0.1, 0.15) is 0 Å². The normalized spacial score (nSPS) is 12.4. The van der Waals surface area contributed by atoms with Gasteiger partial charge in [-0.3, -0.25) is 4.98 Å². The van der Waals surface area contributed by atoms with Crippen molar-refractivity contribution in [2.24, 2.45) is 0 Å². The number of hydrogen-bond acceptors (Lipinski definition) is 2. The lowest BCUT2D eigenvalue weighted by Gasteiger charge is -2.18. The van der Waals surface area contributed by atoms with Crippen LogP contribution in [0.15, 0.2) is 41.1 Å². The Bertz CT molecular complexity index is 546. The van der Waals surface area contributed by atoms with Gasteiger partial charge in [-0.15, -0.1) is 0 Å². The fourth-order valence-corrected chi connectivity index (χ4v) is 2.36. The molecule has 0 amide bonds. The average molecular weight is 313 g/mol. The molecule has 2 rings (SSSR count). The molecule has 94 valence electrons. The van der Waals surface area contributed by atoms with Gasteiger partial charge in [0.15, 0.2) is 11.6 Å². The summed E-state index contributed by atoms with van der Waals surface area (Å²) in [6.07, 6.45) is 3.35. The third-order valence-electron chi connectivity index (χ3n) is 2.68. The van der Waals surface area contributed by atoms with Gasteiger partial charge >= 0.3 is 0 Å². The lowest BCUT2D eigenvalue weighted by molar-refractivity contribution is 0.499. The Hall–Kier alpha value is -1.33. The van der Waals surface area contributed by atoms with Crippen molar-refractivity contribution in [1.82, 2.24) is 10.3 Å². The van der Waals surface area contributed by atoms with Crippen LogP contribution < -0.4 is 5.32 Å². The summed E-state index contributed by atoms with van der Waals surface area (Å²) in [4.78, 5) is 4.03. The number of nitrogens with zero attached hydrogens (tertiary/aromatic N) is 1. The van der Waals surface area contributed by atoms with Crippen molar-refractivity contribution in [2.75, 3.05) is 7.05 Å². The van der Waals surface area contributed by atoms with E-state index < -0.39 is 11.6 Å². The molecule has 0 saturated heterocycles. The van der Waals surface area contributed by atoms with E-state index >= 15 is 0 Å². The summed E-state index contributed by atoms with van der Waals surface area (Å²) in [5, 5.41) is 3.06. The Morgan fingerprint density at radius 3 is 2.67 bits per heavy atom. The number of pyridine rings is 1. The van der Waals surface area contributed by atoms with Gasteiger partial charge in [0.05, 0.1) is 10.5 Å². The molecule has 1 aromatic heterocycles. The molecule has 18 heavy (non-hydrogen) atoms. The molecule has 0 aliphatic rings. The first-order valence-electron chi connectivity index (χ1n) is 5.35. The van der Waals surface area contributed by atoms with Gasteiger partial charge in [-0.2, -0.15) is 0 Å². The molecule has 1 N–H and O–H groups in total. The maximum Gasteiger partial charge on any atom is 0.173 e. The maximum absolute atomic E-state index is 13.5. The number of rotatable bonds is 3. The lowest BCUT2D eigenvalue weighted by atomic mass is 10.0. The van der Waals surface area contributed by atoms with Crippen molar-refractivity contribution in [3.8, 4) is 0 Å². The number of hydrogen-bond donors (Lipinski definition) is 1. The first-order valence-corrected chi connectivity index (χ1v) is 6.15. The zero-order valence-electron chi connectivity index (χ0n) is 9.62. The van der Waals surface area contributed by atoms with Gasteiger partial charge < -0.3 is 5.32 Å². The van der Waals surface area contributed by atoms with Crippen molar-refractivity contribution >= 4 is 15.9 Å². The Labute approximate surface area is 112 Å². The first-order chi connectivity index (χ1) is 8.65. The van der Waals surface area contributed by atoms with Crippen molar-refractivity contribution in [1.29, 1.82) is 0 Å². The average Bonchev–Trinajstić information content (AvgIpc) is 2.41. The molecule has 1 unspecified atom stereocenters. The first kappa shape index (κ1) is 13.1. The maximum atomic E-state index is 13.5. The summed E-state index contributed by atoms with van der Waals surface area (Å²) in [6, 6.07) is 6.10. The summed E-state index contributed by atoms with van der Waals surface area (Å²) >= 11 is 3.09. The second-order valence-corrected chi connectivity index (χ2v) is 4.57. The Morgan fingerprint density at radius 2 is 2.06 bits per heavy atom. The monoisotopic (exact) mass is 312 g/mol. The molecular weight excluding hydrogens is 302 g/mol. The van der Waals surface area contributed by atoms with Crippen LogP contribution in [0.1, 0.15) is 17.2 Å². The summed E-state index contributed by atoms with van der Waals surface area (Å²) in [5.74, 6) is -1.75. The number of halogens is 3. The van der Waals surface area contributed by atoms with Crippen molar-refractivity contribution in [3.05, 3.63) is 63.9 Å². The molecule has 0 spiro atoms. The quantitative estimate of drug-likeness (QED) is 0.878. The van der Waals surface area contributed by atoms with Gasteiger partial charge in [0, 0.05) is 12.4 Å². The molecule has 0 aliphatic carbocycles. The van der Waals surface area contributed by atoms with E-state index in [0.717, 1.165) is 11.6 Å². The van der Waals surface area contributed by atoms with Gasteiger partial charge in [0.25, 0.3) is 0 Å². The van der Waals surface area contributed by atoms with Crippen LogP contribution >= 0.6 is 15.9 Å². The van der Waals surface area contributed by atoms with Gasteiger partial charge in [-0.25, -0.2) is 8.78 Å². The molecule has 2 aromatic rings. The van der Waals surface area contributed by atoms with E-state index in [4.69, 9.17) is 0 Å². The highest BCUT2D eigenvalue weighted by molar-refractivity contribution is 9.10. The summed E-state index contributed by atoms with van der Waals surface area (Å²) in [7, 11) is 1.76. The van der Waals surface area contributed by atoms with Crippen LogP contribution in [0, 0.1) is 11.6 Å². The van der Waals surface area contributed by atoms with E-state index in [2.05, 4.69) is 26.2 Å². The molecule has 1 atom stereocenters. The lowest BCUT2D eigenvalue weighted by Crippen LogP contribution is -2.18. The van der Waals surface area contributed by atoms with Crippen LogP contribution in [0.4, 0.5) is 8.78 Å². The molecule has 1 aromatic carbocycles. The van der Waals surface area contributed by atoms with Gasteiger partial charge in [0.2, 0.25) is 0 Å². The second-order valence-electron chi connectivity index (χ2n) is 3.77. The van der Waals surface area contributed by atoms with E-state index in [9.17, 15) is 8.78 Å². The van der Waals surface area contributed by atoms with Crippen LogP contribution in [0.25, 0.3) is 0 Å². The van der Waals surface area contributed by atoms with E-state index in [-0.39, 0.29) is 10.5 Å². The SMILES string of the molecule is CNC(c1cccnc1)c1ccc(F)c(F)c1Br. The fourth-order valence-electron chi connectivity index (χ4n) is 1.81. The summed E-state index contributed by atoms with van der Waals surface area (Å²) < 4.78 is 26.8. The minimum atomic E-state index is -0.878. The predicted octanol–water partition coefficient (Wildman–Crippen LogP) is 3.43. The third kappa shape index (κ3) is 2.42. The molecule has 0 fully saturated rings. The zero-order chi connectivity index (χ0) is 13.1. The van der Waals surface area contributed by atoms with Crippen LogP contribution in [0.5, 0.6) is 0 Å². The van der Waals surface area contributed by atoms with Crippen molar-refractivity contribution < 1.29 is 8.78 Å². The Morgan fingerprint density at radius 1 is 1.28 bits per heavy atom. The smallest absolute Gasteiger partial charge is 0.173 e. The highest BCUT2D eigenvalue weighted by Gasteiger charge is 2.19. The molecule has 0 saturated carbocycles. The van der Waals surface area contributed by atoms with E-state index in [1.807, 2.05) is 6.07 Å². The largest absolute Gasteiger partial charge is 0.309 e. The zero-order valence-corrected chi connectivity index (χ0v) is 11.2. The minimum absolute atomic E-state index is 0.130. The summed E-state index contributed by atoms with van der Waals surface area (Å²) in [6.45, 7) is 0. The van der Waals surface area contributed by atoms with Gasteiger partial charge in [-0.05, 0) is 46.2 Å². The van der Waals surface area contributed by atoms with E-state index in [1.165, 1.54) is 0 Å². The highest BCUT2D eigenvalue weighted by atomic mass is 79.9. The predicted molar refractivity (Wildman–Crippen MR) is 69.2 cm³/mol. The highest BCUT2D eigenvalue weighted by Crippen LogP contribution is 2.31. The van der Waals surface area contributed by atoms with Gasteiger partial charge in [-0.1, -0.05) is 12.1 Å². The van der Waals surface area contributed by atoms with Crippen LogP contribution in [0.2, 0.25) is 0 Å². The Balaban J connectivity index is 2.50. The van der Waals surface area contributed by atoms with Crippen LogP contribution in [-0.2, 0) is 0 Å². The minimum Gasteiger partial charge on any atom is -0.309 e. The van der Waals surface area contributed by atoms with Crippen LogP contribution in [0.3, 0.4) is 0 Å². The molecular formula is C13H11BrF2N2. The molecule has 0 radical (unpaired) electrons. The molecule has 1 heterocycles. The second kappa shape index (κ2) is 5.54. The summed E-state index contributed by atoms with van der Waals surface area (Å²) in [5.41, 5.74) is 1.51. The fraction of sp³-hybridized carbons (Fsp3) is 0.154. The molecule has 0 aliphatic heterocycles. The number of benzene rings is 1. The van der Waals surface area contributed by atoms with Crippen molar-refractivity contribution in [2.45, 2.75) is 6.04 Å². The Kier molecular flexibility index (Phi) is 4.04. The van der Waals surface area contributed by atoms with E-state index in [0.29, 0.717) is 5.56 Å². The molecule has 2 nitrogen and oxygen atoms in total. The van der Waals surface area contributed by atoms with E-state index in [1.54, 1.807) is 31.6 Å². The molecule has 5 heteroatoms.